The minimum absolute atomic E-state index is 0.0248. The molecule has 0 bridgehead atoms. The molecule has 2 aliphatic carbocycles. The zero-order valence-electron chi connectivity index (χ0n) is 22.6. The molecule has 0 spiro atoms. The van der Waals surface area contributed by atoms with Crippen molar-refractivity contribution < 1.29 is 21.6 Å². The molecule has 6 rings (SSSR count). The number of hydrogen-bond donors (Lipinski definition) is 0. The predicted molar refractivity (Wildman–Crippen MR) is 151 cm³/mol. The van der Waals surface area contributed by atoms with Crippen LogP contribution in [0.5, 0.6) is 0 Å². The zero-order chi connectivity index (χ0) is 28.8. The van der Waals surface area contributed by atoms with E-state index in [-0.39, 0.29) is 41.6 Å². The molecule has 0 N–H and O–H groups in total. The van der Waals surface area contributed by atoms with Crippen molar-refractivity contribution in [3.05, 3.63) is 119 Å². The normalized spacial score (nSPS) is 20.1. The molecule has 2 atom stereocenters. The number of rotatable bonds is 8. The molecule has 3 aromatic carbocycles. The van der Waals surface area contributed by atoms with Gasteiger partial charge in [-0.2, -0.15) is 9.40 Å². The van der Waals surface area contributed by atoms with E-state index in [1.165, 1.54) is 46.3 Å². The molecular formula is C32H30F3N3O2S. The van der Waals surface area contributed by atoms with Crippen LogP contribution in [0.25, 0.3) is 11.8 Å². The Morgan fingerprint density at radius 1 is 0.976 bits per heavy atom. The highest BCUT2D eigenvalue weighted by atomic mass is 32.2. The minimum atomic E-state index is -4.19. The highest BCUT2D eigenvalue weighted by molar-refractivity contribution is 7.89. The van der Waals surface area contributed by atoms with Gasteiger partial charge in [0.15, 0.2) is 0 Å². The van der Waals surface area contributed by atoms with E-state index in [1.54, 1.807) is 35.0 Å². The molecule has 0 radical (unpaired) electrons. The van der Waals surface area contributed by atoms with Crippen LogP contribution in [0.15, 0.2) is 89.5 Å². The number of fused-ring (bicyclic) bond motifs is 2. The van der Waals surface area contributed by atoms with E-state index in [0.29, 0.717) is 12.0 Å². The zero-order valence-corrected chi connectivity index (χ0v) is 23.4. The van der Waals surface area contributed by atoms with E-state index in [2.05, 4.69) is 18.1 Å². The van der Waals surface area contributed by atoms with E-state index in [4.69, 9.17) is 0 Å². The van der Waals surface area contributed by atoms with Crippen LogP contribution >= 0.6 is 0 Å². The third-order valence-electron chi connectivity index (χ3n) is 8.69. The van der Waals surface area contributed by atoms with Crippen LogP contribution in [0.3, 0.4) is 0 Å². The highest BCUT2D eigenvalue weighted by Crippen LogP contribution is 2.53. The third-order valence-corrected chi connectivity index (χ3v) is 10.6. The van der Waals surface area contributed by atoms with Crippen LogP contribution < -0.4 is 0 Å². The van der Waals surface area contributed by atoms with Gasteiger partial charge in [0.05, 0.1) is 17.6 Å². The standard InChI is InChI=1S/C32H30F3N3O2S/c1-32-19-23-20-36-38(27-14-12-26(33)13-15-27)30(23)18-24(32)10-11-25(32)21-37(17-16-22-6-2-3-7-28(22)34)41(39,40)31-9-5-4-8-29(31)35/h2-9,12-15,18,20,25H,10-11,16-17,19,21H2,1H3/t25-,32+/m1/s1. The summed E-state index contributed by atoms with van der Waals surface area (Å²) in [6, 6.07) is 17.9. The Labute approximate surface area is 238 Å². The molecule has 0 aliphatic heterocycles. The SMILES string of the molecule is C[C@]12Cc3cnn(-c4ccc(F)cc4)c3C=C1CC[C@@H]2CN(CCc1ccccc1F)S(=O)(=O)c1ccccc1F. The molecule has 0 amide bonds. The van der Waals surface area contributed by atoms with Crippen LogP contribution in [0.4, 0.5) is 13.2 Å². The molecule has 1 fully saturated rings. The fourth-order valence-corrected chi connectivity index (χ4v) is 7.86. The Balaban J connectivity index is 1.31. The van der Waals surface area contributed by atoms with Gasteiger partial charge in [-0.15, -0.1) is 0 Å². The molecule has 5 nitrogen and oxygen atoms in total. The average molecular weight is 578 g/mol. The molecule has 9 heteroatoms. The van der Waals surface area contributed by atoms with E-state index < -0.39 is 21.7 Å². The van der Waals surface area contributed by atoms with E-state index in [9.17, 15) is 21.6 Å². The van der Waals surface area contributed by atoms with Gasteiger partial charge in [0.1, 0.15) is 22.3 Å². The van der Waals surface area contributed by atoms with Gasteiger partial charge in [0.2, 0.25) is 10.0 Å². The summed E-state index contributed by atoms with van der Waals surface area (Å²) >= 11 is 0. The maximum atomic E-state index is 14.8. The van der Waals surface area contributed by atoms with E-state index in [0.717, 1.165) is 35.9 Å². The summed E-state index contributed by atoms with van der Waals surface area (Å²) in [7, 11) is -4.19. The first kappa shape index (κ1) is 27.5. The van der Waals surface area contributed by atoms with Gasteiger partial charge in [-0.25, -0.2) is 26.3 Å². The van der Waals surface area contributed by atoms with Crippen LogP contribution in [-0.2, 0) is 22.9 Å². The molecule has 212 valence electrons. The van der Waals surface area contributed by atoms with Crippen molar-refractivity contribution in [2.75, 3.05) is 13.1 Å². The molecule has 0 unspecified atom stereocenters. The van der Waals surface area contributed by atoms with Crippen molar-refractivity contribution in [1.82, 2.24) is 14.1 Å². The second kappa shape index (κ2) is 10.6. The summed E-state index contributed by atoms with van der Waals surface area (Å²) in [5.74, 6) is -1.56. The van der Waals surface area contributed by atoms with Gasteiger partial charge >= 0.3 is 0 Å². The summed E-state index contributed by atoms with van der Waals surface area (Å²) in [6.07, 6.45) is 6.33. The highest BCUT2D eigenvalue weighted by Gasteiger charge is 2.47. The lowest BCUT2D eigenvalue weighted by Crippen LogP contribution is -2.42. The van der Waals surface area contributed by atoms with Crippen molar-refractivity contribution in [2.45, 2.75) is 37.5 Å². The first-order valence-electron chi connectivity index (χ1n) is 13.7. The molecule has 2 aliphatic rings. The van der Waals surface area contributed by atoms with Gasteiger partial charge in [0, 0.05) is 13.1 Å². The topological polar surface area (TPSA) is 55.2 Å². The van der Waals surface area contributed by atoms with Crippen molar-refractivity contribution >= 4 is 16.1 Å². The maximum absolute atomic E-state index is 14.8. The summed E-state index contributed by atoms with van der Waals surface area (Å²) in [5.41, 5.74) is 4.02. The lowest BCUT2D eigenvalue weighted by molar-refractivity contribution is 0.221. The van der Waals surface area contributed by atoms with Gasteiger partial charge in [-0.05, 0) is 96.7 Å². The Morgan fingerprint density at radius 3 is 2.41 bits per heavy atom. The van der Waals surface area contributed by atoms with Crippen LogP contribution in [-0.4, -0.2) is 35.6 Å². The largest absolute Gasteiger partial charge is 0.246 e. The summed E-state index contributed by atoms with van der Waals surface area (Å²) in [4.78, 5) is -0.376. The number of nitrogens with zero attached hydrogens (tertiary/aromatic N) is 3. The summed E-state index contributed by atoms with van der Waals surface area (Å²) < 4.78 is 73.5. The summed E-state index contributed by atoms with van der Waals surface area (Å²) in [5, 5.41) is 4.57. The Bertz CT molecular complexity index is 1730. The number of benzene rings is 3. The van der Waals surface area contributed by atoms with Gasteiger partial charge < -0.3 is 0 Å². The molecule has 1 aromatic heterocycles. The molecule has 0 saturated heterocycles. The van der Waals surface area contributed by atoms with E-state index in [1.807, 2.05) is 6.20 Å². The smallest absolute Gasteiger partial charge is 0.233 e. The number of hydrogen-bond acceptors (Lipinski definition) is 3. The minimum Gasteiger partial charge on any atom is -0.233 e. The maximum Gasteiger partial charge on any atom is 0.246 e. The Kier molecular flexibility index (Phi) is 7.11. The second-order valence-electron chi connectivity index (χ2n) is 11.1. The molecule has 1 heterocycles. The number of halogens is 3. The third kappa shape index (κ3) is 5.02. The fraction of sp³-hybridized carbons (Fsp3) is 0.281. The molecular weight excluding hydrogens is 547 g/mol. The number of allylic oxidation sites excluding steroid dienone is 1. The fourth-order valence-electron chi connectivity index (χ4n) is 6.31. The average Bonchev–Trinajstić information content (AvgIpc) is 3.50. The van der Waals surface area contributed by atoms with Crippen LogP contribution in [0, 0.1) is 28.8 Å². The first-order chi connectivity index (χ1) is 19.7. The Hall–Kier alpha value is -3.69. The summed E-state index contributed by atoms with van der Waals surface area (Å²) in [6.45, 7) is 2.36. The van der Waals surface area contributed by atoms with Crippen LogP contribution in [0.1, 0.15) is 36.6 Å². The quantitative estimate of drug-likeness (QED) is 0.238. The molecule has 4 aromatic rings. The number of sulfonamides is 1. The lowest BCUT2D eigenvalue weighted by Gasteiger charge is -2.38. The van der Waals surface area contributed by atoms with Crippen molar-refractivity contribution in [2.24, 2.45) is 11.3 Å². The van der Waals surface area contributed by atoms with Crippen LogP contribution in [0.2, 0.25) is 0 Å². The second-order valence-corrected chi connectivity index (χ2v) is 13.0. The van der Waals surface area contributed by atoms with Crippen molar-refractivity contribution in [3.63, 3.8) is 0 Å². The Morgan fingerprint density at radius 2 is 1.68 bits per heavy atom. The molecule has 1 saturated carbocycles. The van der Waals surface area contributed by atoms with Crippen molar-refractivity contribution in [1.29, 1.82) is 0 Å². The first-order valence-corrected chi connectivity index (χ1v) is 15.1. The molecule has 41 heavy (non-hydrogen) atoms. The predicted octanol–water partition coefficient (Wildman–Crippen LogP) is 6.58. The van der Waals surface area contributed by atoms with Gasteiger partial charge in [-0.3, -0.25) is 0 Å². The number of aromatic nitrogens is 2. The van der Waals surface area contributed by atoms with E-state index >= 15 is 0 Å². The lowest BCUT2D eigenvalue weighted by atomic mass is 9.70. The van der Waals surface area contributed by atoms with Gasteiger partial charge in [0.25, 0.3) is 0 Å². The van der Waals surface area contributed by atoms with Gasteiger partial charge in [-0.1, -0.05) is 42.8 Å². The van der Waals surface area contributed by atoms with Crippen molar-refractivity contribution in [3.8, 4) is 5.69 Å². The monoisotopic (exact) mass is 577 g/mol.